The predicted molar refractivity (Wildman–Crippen MR) is 57.2 cm³/mol. The molecular weight excluding hydrogens is 232 g/mol. The van der Waals surface area contributed by atoms with Gasteiger partial charge in [-0.1, -0.05) is 11.6 Å². The van der Waals surface area contributed by atoms with Crippen molar-refractivity contribution in [2.24, 2.45) is 5.73 Å². The maximum absolute atomic E-state index is 10.5. The van der Waals surface area contributed by atoms with Gasteiger partial charge in [-0.15, -0.1) is 0 Å². The van der Waals surface area contributed by atoms with Gasteiger partial charge in [0.1, 0.15) is 5.15 Å². The molecule has 1 atom stereocenters. The summed E-state index contributed by atoms with van der Waals surface area (Å²) < 4.78 is 1.66. The van der Waals surface area contributed by atoms with E-state index in [2.05, 4.69) is 9.97 Å². The molecule has 2 heterocycles. The first kappa shape index (κ1) is 10.8. The van der Waals surface area contributed by atoms with Gasteiger partial charge in [0.05, 0.1) is 24.4 Å². The minimum absolute atomic E-state index is 0.162. The highest BCUT2D eigenvalue weighted by atomic mass is 35.5. The Morgan fingerprint density at radius 3 is 3.06 bits per heavy atom. The highest BCUT2D eigenvalue weighted by Crippen LogP contribution is 2.15. The van der Waals surface area contributed by atoms with Gasteiger partial charge in [0.25, 0.3) is 0 Å². The van der Waals surface area contributed by atoms with Crippen LogP contribution in [0.5, 0.6) is 0 Å². The number of imidazole rings is 1. The Bertz CT molecular complexity index is 539. The van der Waals surface area contributed by atoms with E-state index in [1.54, 1.807) is 16.8 Å². The normalized spacial score (nSPS) is 12.9. The molecule has 2 rings (SSSR count). The molecule has 0 aliphatic rings. The second-order valence-corrected chi connectivity index (χ2v) is 3.73. The minimum atomic E-state index is -0.958. The number of hydrogen-bond donors (Lipinski definition) is 2. The highest BCUT2D eigenvalue weighted by Gasteiger charge is 2.14. The quantitative estimate of drug-likeness (QED) is 0.830. The standard InChI is InChI=1S/C9H9ClN4O2/c10-7-4-14-3-6(5(11)1-9(15)16)13-8(14)2-12-7/h2-5H,1,11H2,(H,15,16). The zero-order chi connectivity index (χ0) is 11.7. The number of halogens is 1. The summed E-state index contributed by atoms with van der Waals surface area (Å²) in [5, 5.41) is 8.95. The summed E-state index contributed by atoms with van der Waals surface area (Å²) in [6.07, 6.45) is 4.57. The first-order valence-electron chi connectivity index (χ1n) is 4.54. The Labute approximate surface area is 95.7 Å². The van der Waals surface area contributed by atoms with E-state index < -0.39 is 12.0 Å². The molecule has 2 aromatic rings. The lowest BCUT2D eigenvalue weighted by molar-refractivity contribution is -0.137. The summed E-state index contributed by atoms with van der Waals surface area (Å²) in [7, 11) is 0. The lowest BCUT2D eigenvalue weighted by Crippen LogP contribution is -2.15. The number of fused-ring (bicyclic) bond motifs is 1. The number of carboxylic acids is 1. The summed E-state index contributed by atoms with van der Waals surface area (Å²) in [6, 6.07) is -0.629. The topological polar surface area (TPSA) is 93.5 Å². The molecule has 0 amide bonds. The Hall–Kier alpha value is -1.66. The van der Waals surface area contributed by atoms with Crippen LogP contribution in [-0.2, 0) is 4.79 Å². The molecule has 0 saturated carbocycles. The van der Waals surface area contributed by atoms with Crippen molar-refractivity contribution in [3.8, 4) is 0 Å². The monoisotopic (exact) mass is 240 g/mol. The summed E-state index contributed by atoms with van der Waals surface area (Å²) in [4.78, 5) is 18.5. The van der Waals surface area contributed by atoms with E-state index in [1.165, 1.54) is 6.20 Å². The maximum atomic E-state index is 10.5. The molecule has 0 spiro atoms. The zero-order valence-electron chi connectivity index (χ0n) is 8.17. The fourth-order valence-corrected chi connectivity index (χ4v) is 1.52. The number of nitrogens with two attached hydrogens (primary N) is 1. The second kappa shape index (κ2) is 4.07. The van der Waals surface area contributed by atoms with Gasteiger partial charge in [-0.2, -0.15) is 0 Å². The Morgan fingerprint density at radius 1 is 1.62 bits per heavy atom. The molecule has 0 aliphatic heterocycles. The Morgan fingerprint density at radius 2 is 2.38 bits per heavy atom. The third kappa shape index (κ3) is 2.12. The molecule has 2 aromatic heterocycles. The predicted octanol–water partition coefficient (Wildman–Crippen LogP) is 0.857. The number of carboxylic acid groups (broad SMARTS) is 1. The molecule has 84 valence electrons. The van der Waals surface area contributed by atoms with Gasteiger partial charge in [-0.3, -0.25) is 4.79 Å². The average Bonchev–Trinajstić information content (AvgIpc) is 2.59. The Balaban J connectivity index is 2.35. The minimum Gasteiger partial charge on any atom is -0.481 e. The van der Waals surface area contributed by atoms with Crippen molar-refractivity contribution in [1.82, 2.24) is 14.4 Å². The van der Waals surface area contributed by atoms with Gasteiger partial charge >= 0.3 is 5.97 Å². The molecule has 16 heavy (non-hydrogen) atoms. The van der Waals surface area contributed by atoms with Crippen LogP contribution >= 0.6 is 11.6 Å². The van der Waals surface area contributed by atoms with Crippen LogP contribution in [0.2, 0.25) is 5.15 Å². The fourth-order valence-electron chi connectivity index (χ4n) is 1.37. The van der Waals surface area contributed by atoms with Crippen molar-refractivity contribution in [3.05, 3.63) is 29.4 Å². The van der Waals surface area contributed by atoms with E-state index in [1.807, 2.05) is 0 Å². The molecule has 0 radical (unpaired) electrons. The van der Waals surface area contributed by atoms with E-state index in [4.69, 9.17) is 22.4 Å². The van der Waals surface area contributed by atoms with Gasteiger partial charge in [0, 0.05) is 12.4 Å². The van der Waals surface area contributed by atoms with E-state index in [0.29, 0.717) is 16.5 Å². The maximum Gasteiger partial charge on any atom is 0.305 e. The second-order valence-electron chi connectivity index (χ2n) is 3.35. The van der Waals surface area contributed by atoms with Crippen molar-refractivity contribution in [2.45, 2.75) is 12.5 Å². The molecule has 3 N–H and O–H groups in total. The molecule has 0 aromatic carbocycles. The van der Waals surface area contributed by atoms with Crippen molar-refractivity contribution in [2.75, 3.05) is 0 Å². The van der Waals surface area contributed by atoms with Crippen LogP contribution < -0.4 is 5.73 Å². The van der Waals surface area contributed by atoms with E-state index >= 15 is 0 Å². The summed E-state index contributed by atoms with van der Waals surface area (Å²) in [5.41, 5.74) is 6.78. The fraction of sp³-hybridized carbons (Fsp3) is 0.222. The van der Waals surface area contributed by atoms with Gasteiger partial charge in [-0.25, -0.2) is 9.97 Å². The first-order valence-corrected chi connectivity index (χ1v) is 4.91. The summed E-state index contributed by atoms with van der Waals surface area (Å²) in [5.74, 6) is -0.958. The lowest BCUT2D eigenvalue weighted by atomic mass is 10.2. The number of hydrogen-bond acceptors (Lipinski definition) is 4. The third-order valence-electron chi connectivity index (χ3n) is 2.10. The largest absolute Gasteiger partial charge is 0.481 e. The van der Waals surface area contributed by atoms with Crippen molar-refractivity contribution in [1.29, 1.82) is 0 Å². The van der Waals surface area contributed by atoms with Crippen molar-refractivity contribution < 1.29 is 9.90 Å². The van der Waals surface area contributed by atoms with Gasteiger partial charge in [0.15, 0.2) is 5.65 Å². The number of rotatable bonds is 3. The molecular formula is C9H9ClN4O2. The first-order chi connectivity index (χ1) is 7.56. The summed E-state index contributed by atoms with van der Waals surface area (Å²) >= 11 is 5.71. The molecule has 0 saturated heterocycles. The number of aromatic nitrogens is 3. The lowest BCUT2D eigenvalue weighted by Gasteiger charge is -2.03. The number of carbonyl (C=O) groups is 1. The average molecular weight is 241 g/mol. The number of nitrogens with zero attached hydrogens (tertiary/aromatic N) is 3. The van der Waals surface area contributed by atoms with Crippen molar-refractivity contribution >= 4 is 23.2 Å². The van der Waals surface area contributed by atoms with Crippen LogP contribution in [0.15, 0.2) is 18.6 Å². The van der Waals surface area contributed by atoms with E-state index in [-0.39, 0.29) is 6.42 Å². The van der Waals surface area contributed by atoms with Crippen LogP contribution in [0.1, 0.15) is 18.2 Å². The third-order valence-corrected chi connectivity index (χ3v) is 2.30. The summed E-state index contributed by atoms with van der Waals surface area (Å²) in [6.45, 7) is 0. The van der Waals surface area contributed by atoms with Crippen LogP contribution in [-0.4, -0.2) is 25.4 Å². The van der Waals surface area contributed by atoms with E-state index in [9.17, 15) is 4.79 Å². The van der Waals surface area contributed by atoms with Gasteiger partial charge < -0.3 is 15.2 Å². The van der Waals surface area contributed by atoms with Crippen LogP contribution in [0.25, 0.3) is 5.65 Å². The molecule has 0 fully saturated rings. The van der Waals surface area contributed by atoms with Gasteiger partial charge in [0.2, 0.25) is 0 Å². The van der Waals surface area contributed by atoms with E-state index in [0.717, 1.165) is 0 Å². The molecule has 0 aliphatic carbocycles. The van der Waals surface area contributed by atoms with Crippen LogP contribution in [0.4, 0.5) is 0 Å². The van der Waals surface area contributed by atoms with Crippen LogP contribution in [0, 0.1) is 0 Å². The molecule has 0 bridgehead atoms. The van der Waals surface area contributed by atoms with Gasteiger partial charge in [-0.05, 0) is 0 Å². The molecule has 7 heteroatoms. The molecule has 1 unspecified atom stereocenters. The Kier molecular flexibility index (Phi) is 2.76. The van der Waals surface area contributed by atoms with Crippen LogP contribution in [0.3, 0.4) is 0 Å². The van der Waals surface area contributed by atoms with Crippen molar-refractivity contribution in [3.63, 3.8) is 0 Å². The SMILES string of the molecule is NC(CC(=O)O)c1cn2cc(Cl)ncc2n1. The molecule has 6 nitrogen and oxygen atoms in total. The number of aliphatic carboxylic acids is 1. The smallest absolute Gasteiger partial charge is 0.305 e. The highest BCUT2D eigenvalue weighted by molar-refractivity contribution is 6.29. The zero-order valence-corrected chi connectivity index (χ0v) is 8.92.